The van der Waals surface area contributed by atoms with Crippen LogP contribution in [0.15, 0.2) is 42.6 Å². The Labute approximate surface area is 158 Å². The molecule has 6 heteroatoms. The smallest absolute Gasteiger partial charge is 0.223 e. The van der Waals surface area contributed by atoms with Crippen LogP contribution in [0.25, 0.3) is 0 Å². The van der Waals surface area contributed by atoms with Gasteiger partial charge in [0.25, 0.3) is 0 Å². The Morgan fingerprint density at radius 1 is 1.23 bits per heavy atom. The van der Waals surface area contributed by atoms with E-state index in [2.05, 4.69) is 21.3 Å². The van der Waals surface area contributed by atoms with Crippen LogP contribution in [0.3, 0.4) is 0 Å². The molecule has 0 saturated carbocycles. The van der Waals surface area contributed by atoms with Crippen LogP contribution in [0, 0.1) is 17.2 Å². The van der Waals surface area contributed by atoms with Gasteiger partial charge in [0.1, 0.15) is 11.9 Å². The minimum atomic E-state index is 0.0508. The lowest BCUT2D eigenvalue weighted by Gasteiger charge is -2.32. The molecular formula is C20H21ClN4O. The van der Waals surface area contributed by atoms with Gasteiger partial charge in [-0.1, -0.05) is 23.7 Å². The van der Waals surface area contributed by atoms with Crippen molar-refractivity contribution < 1.29 is 4.79 Å². The van der Waals surface area contributed by atoms with Gasteiger partial charge in [-0.2, -0.15) is 5.26 Å². The molecule has 0 atom stereocenters. The molecule has 3 rings (SSSR count). The Morgan fingerprint density at radius 2 is 1.96 bits per heavy atom. The number of hydrogen-bond donors (Lipinski definition) is 1. The fourth-order valence-electron chi connectivity index (χ4n) is 3.14. The second kappa shape index (κ2) is 8.68. The number of nitriles is 1. The van der Waals surface area contributed by atoms with Gasteiger partial charge in [0.05, 0.1) is 5.56 Å². The molecule has 1 N–H and O–H groups in total. The average molecular weight is 369 g/mol. The SMILES string of the molecule is N#Cc1ccc(N2CCC(C(=O)NCCc3ccc(Cl)cc3)CC2)nc1. The number of carbonyl (C=O) groups excluding carboxylic acids is 1. The van der Waals surface area contributed by atoms with Crippen LogP contribution in [0.5, 0.6) is 0 Å². The van der Waals surface area contributed by atoms with Crippen molar-refractivity contribution in [3.63, 3.8) is 0 Å². The second-order valence-electron chi connectivity index (χ2n) is 6.45. The Morgan fingerprint density at radius 3 is 2.58 bits per heavy atom. The normalized spacial score (nSPS) is 14.7. The van der Waals surface area contributed by atoms with E-state index in [-0.39, 0.29) is 11.8 Å². The first-order valence-corrected chi connectivity index (χ1v) is 9.17. The zero-order valence-corrected chi connectivity index (χ0v) is 15.2. The number of aromatic nitrogens is 1. The van der Waals surface area contributed by atoms with Crippen molar-refractivity contribution in [1.29, 1.82) is 5.26 Å². The third-order valence-corrected chi connectivity index (χ3v) is 4.94. The molecule has 0 unspecified atom stereocenters. The molecular weight excluding hydrogens is 348 g/mol. The van der Waals surface area contributed by atoms with E-state index in [1.807, 2.05) is 30.3 Å². The van der Waals surface area contributed by atoms with Crippen LogP contribution in [0.4, 0.5) is 5.82 Å². The summed E-state index contributed by atoms with van der Waals surface area (Å²) in [5.74, 6) is 1.05. The number of nitrogens with zero attached hydrogens (tertiary/aromatic N) is 3. The molecule has 134 valence electrons. The van der Waals surface area contributed by atoms with Crippen LogP contribution < -0.4 is 10.2 Å². The van der Waals surface area contributed by atoms with E-state index in [4.69, 9.17) is 16.9 Å². The van der Waals surface area contributed by atoms with Gasteiger partial charge < -0.3 is 10.2 Å². The molecule has 1 amide bonds. The molecule has 1 aliphatic heterocycles. The van der Waals surface area contributed by atoms with E-state index in [0.29, 0.717) is 12.1 Å². The lowest BCUT2D eigenvalue weighted by molar-refractivity contribution is -0.125. The highest BCUT2D eigenvalue weighted by atomic mass is 35.5. The maximum absolute atomic E-state index is 12.4. The van der Waals surface area contributed by atoms with Crippen molar-refractivity contribution in [3.05, 3.63) is 58.7 Å². The van der Waals surface area contributed by atoms with Crippen LogP contribution in [-0.4, -0.2) is 30.5 Å². The third-order valence-electron chi connectivity index (χ3n) is 4.69. The van der Waals surface area contributed by atoms with Crippen molar-refractivity contribution >= 4 is 23.3 Å². The van der Waals surface area contributed by atoms with Crippen molar-refractivity contribution in [2.45, 2.75) is 19.3 Å². The molecule has 2 aromatic rings. The molecule has 0 aliphatic carbocycles. The van der Waals surface area contributed by atoms with Gasteiger partial charge in [0, 0.05) is 36.8 Å². The maximum Gasteiger partial charge on any atom is 0.223 e. The Kier molecular flexibility index (Phi) is 6.08. The van der Waals surface area contributed by atoms with Gasteiger partial charge in [-0.25, -0.2) is 4.98 Å². The molecule has 5 nitrogen and oxygen atoms in total. The molecule has 0 bridgehead atoms. The van der Waals surface area contributed by atoms with Crippen LogP contribution in [0.1, 0.15) is 24.0 Å². The van der Waals surface area contributed by atoms with Gasteiger partial charge in [-0.05, 0) is 49.1 Å². The molecule has 26 heavy (non-hydrogen) atoms. The van der Waals surface area contributed by atoms with Crippen LogP contribution in [0.2, 0.25) is 5.02 Å². The highest BCUT2D eigenvalue weighted by Gasteiger charge is 2.25. The maximum atomic E-state index is 12.4. The summed E-state index contributed by atoms with van der Waals surface area (Å²) in [6.45, 7) is 2.24. The lowest BCUT2D eigenvalue weighted by atomic mass is 9.96. The van der Waals surface area contributed by atoms with E-state index >= 15 is 0 Å². The molecule has 1 aliphatic rings. The highest BCUT2D eigenvalue weighted by molar-refractivity contribution is 6.30. The first kappa shape index (κ1) is 18.2. The average Bonchev–Trinajstić information content (AvgIpc) is 2.69. The summed E-state index contributed by atoms with van der Waals surface area (Å²) in [6.07, 6.45) is 4.02. The summed E-state index contributed by atoms with van der Waals surface area (Å²) in [5.41, 5.74) is 1.72. The lowest BCUT2D eigenvalue weighted by Crippen LogP contribution is -2.41. The summed E-state index contributed by atoms with van der Waals surface area (Å²) in [7, 11) is 0. The van der Waals surface area contributed by atoms with Gasteiger partial charge in [-0.3, -0.25) is 4.79 Å². The Bertz CT molecular complexity index is 775. The van der Waals surface area contributed by atoms with E-state index < -0.39 is 0 Å². The first-order chi connectivity index (χ1) is 12.7. The second-order valence-corrected chi connectivity index (χ2v) is 6.88. The van der Waals surface area contributed by atoms with E-state index in [1.165, 1.54) is 0 Å². The summed E-state index contributed by atoms with van der Waals surface area (Å²) in [5, 5.41) is 12.6. The molecule has 2 heterocycles. The van der Waals surface area contributed by atoms with E-state index in [1.54, 1.807) is 12.3 Å². The molecule has 1 aromatic carbocycles. The zero-order chi connectivity index (χ0) is 18.4. The Balaban J connectivity index is 1.43. The largest absolute Gasteiger partial charge is 0.357 e. The third kappa shape index (κ3) is 4.74. The molecule has 1 aromatic heterocycles. The van der Waals surface area contributed by atoms with Crippen molar-refractivity contribution in [2.75, 3.05) is 24.5 Å². The summed E-state index contributed by atoms with van der Waals surface area (Å²) >= 11 is 5.88. The highest BCUT2D eigenvalue weighted by Crippen LogP contribution is 2.22. The predicted octanol–water partition coefficient (Wildman–Crippen LogP) is 3.18. The van der Waals surface area contributed by atoms with Crippen LogP contribution in [-0.2, 0) is 11.2 Å². The number of amides is 1. The standard InChI is InChI=1S/C20H21ClN4O/c21-18-4-1-15(2-5-18)7-10-23-20(26)17-8-11-25(12-9-17)19-6-3-16(13-22)14-24-19/h1-6,14,17H,7-12H2,(H,23,26). The molecule has 1 saturated heterocycles. The molecule has 0 spiro atoms. The van der Waals surface area contributed by atoms with Gasteiger partial charge in [0.2, 0.25) is 5.91 Å². The van der Waals surface area contributed by atoms with Crippen molar-refractivity contribution in [1.82, 2.24) is 10.3 Å². The number of pyridine rings is 1. The number of piperidine rings is 1. The summed E-state index contributed by atoms with van der Waals surface area (Å²) in [4.78, 5) is 18.9. The first-order valence-electron chi connectivity index (χ1n) is 8.79. The number of benzene rings is 1. The summed E-state index contributed by atoms with van der Waals surface area (Å²) in [6, 6.07) is 13.4. The monoisotopic (exact) mass is 368 g/mol. The number of carbonyl (C=O) groups is 1. The van der Waals surface area contributed by atoms with E-state index in [9.17, 15) is 4.79 Å². The predicted molar refractivity (Wildman–Crippen MR) is 102 cm³/mol. The number of nitrogens with one attached hydrogen (secondary N) is 1. The quantitative estimate of drug-likeness (QED) is 0.880. The molecule has 1 fully saturated rings. The number of rotatable bonds is 5. The fourth-order valence-corrected chi connectivity index (χ4v) is 3.26. The number of hydrogen-bond acceptors (Lipinski definition) is 4. The van der Waals surface area contributed by atoms with Gasteiger partial charge in [0.15, 0.2) is 0 Å². The van der Waals surface area contributed by atoms with Crippen molar-refractivity contribution in [3.8, 4) is 6.07 Å². The Hall–Kier alpha value is -2.58. The van der Waals surface area contributed by atoms with Crippen molar-refractivity contribution in [2.24, 2.45) is 5.92 Å². The van der Waals surface area contributed by atoms with E-state index in [0.717, 1.165) is 48.8 Å². The van der Waals surface area contributed by atoms with Gasteiger partial charge in [-0.15, -0.1) is 0 Å². The topological polar surface area (TPSA) is 69.0 Å². The van der Waals surface area contributed by atoms with Crippen LogP contribution >= 0.6 is 11.6 Å². The minimum absolute atomic E-state index is 0.0508. The fraction of sp³-hybridized carbons (Fsp3) is 0.350. The number of halogens is 1. The minimum Gasteiger partial charge on any atom is -0.357 e. The molecule has 0 radical (unpaired) electrons. The van der Waals surface area contributed by atoms with Gasteiger partial charge >= 0.3 is 0 Å². The summed E-state index contributed by atoms with van der Waals surface area (Å²) < 4.78 is 0. The number of anilines is 1. The zero-order valence-electron chi connectivity index (χ0n) is 14.5.